The van der Waals surface area contributed by atoms with Crippen LogP contribution in [0.15, 0.2) is 30.5 Å². The van der Waals surface area contributed by atoms with Gasteiger partial charge in [0.1, 0.15) is 5.82 Å². The molecule has 0 aliphatic carbocycles. The van der Waals surface area contributed by atoms with Gasteiger partial charge >= 0.3 is 0 Å². The molecule has 0 fully saturated rings. The predicted molar refractivity (Wildman–Crippen MR) is 69.6 cm³/mol. The minimum absolute atomic E-state index is 0.217. The summed E-state index contributed by atoms with van der Waals surface area (Å²) >= 11 is 0. The Labute approximate surface area is 106 Å². The van der Waals surface area contributed by atoms with Crippen molar-refractivity contribution in [2.45, 2.75) is 25.8 Å². The van der Waals surface area contributed by atoms with Crippen molar-refractivity contribution in [2.75, 3.05) is 0 Å². The second kappa shape index (κ2) is 4.53. The summed E-state index contributed by atoms with van der Waals surface area (Å²) in [7, 11) is 1.86. The SMILES string of the molecule is Cc1ccc(C(C)(N)Cc2ccn(C)n2)cc1F. The summed E-state index contributed by atoms with van der Waals surface area (Å²) in [6.07, 6.45) is 2.46. The van der Waals surface area contributed by atoms with Crippen molar-refractivity contribution in [3.8, 4) is 0 Å². The Bertz CT molecular complexity index is 558. The van der Waals surface area contributed by atoms with E-state index < -0.39 is 5.54 Å². The molecule has 0 saturated heterocycles. The van der Waals surface area contributed by atoms with Crippen LogP contribution < -0.4 is 5.73 Å². The first kappa shape index (κ1) is 12.8. The number of hydrogen-bond donors (Lipinski definition) is 1. The lowest BCUT2D eigenvalue weighted by molar-refractivity contribution is 0.477. The second-order valence-corrected chi connectivity index (χ2v) is 5.04. The van der Waals surface area contributed by atoms with Gasteiger partial charge in [0.25, 0.3) is 0 Å². The zero-order valence-electron chi connectivity index (χ0n) is 10.9. The molecule has 0 amide bonds. The van der Waals surface area contributed by atoms with E-state index in [-0.39, 0.29) is 5.82 Å². The first-order valence-electron chi connectivity index (χ1n) is 5.92. The third-order valence-electron chi connectivity index (χ3n) is 3.15. The molecular weight excluding hydrogens is 229 g/mol. The standard InChI is InChI=1S/C14H18FN3/c1-10-4-5-11(8-13(10)15)14(2,16)9-12-6-7-18(3)17-12/h4-8H,9,16H2,1-3H3. The molecule has 96 valence electrons. The van der Waals surface area contributed by atoms with Crippen LogP contribution in [0.1, 0.15) is 23.7 Å². The first-order valence-corrected chi connectivity index (χ1v) is 5.92. The van der Waals surface area contributed by atoms with Crippen molar-refractivity contribution in [3.05, 3.63) is 53.1 Å². The van der Waals surface area contributed by atoms with E-state index in [9.17, 15) is 4.39 Å². The van der Waals surface area contributed by atoms with E-state index in [1.807, 2.05) is 32.3 Å². The predicted octanol–water partition coefficient (Wildman–Crippen LogP) is 2.28. The highest BCUT2D eigenvalue weighted by Gasteiger charge is 2.23. The van der Waals surface area contributed by atoms with Gasteiger partial charge in [-0.15, -0.1) is 0 Å². The molecule has 18 heavy (non-hydrogen) atoms. The molecule has 0 aliphatic rings. The normalized spacial score (nSPS) is 14.5. The van der Waals surface area contributed by atoms with Crippen molar-refractivity contribution >= 4 is 0 Å². The van der Waals surface area contributed by atoms with Crippen LogP contribution in [0.4, 0.5) is 4.39 Å². The lowest BCUT2D eigenvalue weighted by Crippen LogP contribution is -2.35. The van der Waals surface area contributed by atoms with Gasteiger partial charge in [-0.2, -0.15) is 5.10 Å². The van der Waals surface area contributed by atoms with Gasteiger partial charge in [0.2, 0.25) is 0 Å². The molecule has 2 rings (SSSR count). The Morgan fingerprint density at radius 2 is 2.11 bits per heavy atom. The van der Waals surface area contributed by atoms with Crippen LogP contribution in [-0.4, -0.2) is 9.78 Å². The average molecular weight is 247 g/mol. The monoisotopic (exact) mass is 247 g/mol. The first-order chi connectivity index (χ1) is 8.38. The van der Waals surface area contributed by atoms with Crippen LogP contribution >= 0.6 is 0 Å². The minimum Gasteiger partial charge on any atom is -0.321 e. The summed E-state index contributed by atoms with van der Waals surface area (Å²) in [4.78, 5) is 0. The molecule has 0 bridgehead atoms. The highest BCUT2D eigenvalue weighted by atomic mass is 19.1. The van der Waals surface area contributed by atoms with Gasteiger partial charge in [-0.3, -0.25) is 4.68 Å². The molecule has 0 radical (unpaired) electrons. The van der Waals surface area contributed by atoms with Gasteiger partial charge in [0.15, 0.2) is 0 Å². The summed E-state index contributed by atoms with van der Waals surface area (Å²) in [5.41, 5.74) is 7.99. The van der Waals surface area contributed by atoms with Gasteiger partial charge in [0, 0.05) is 25.2 Å². The number of benzene rings is 1. The fraction of sp³-hybridized carbons (Fsp3) is 0.357. The largest absolute Gasteiger partial charge is 0.321 e. The van der Waals surface area contributed by atoms with Crippen molar-refractivity contribution in [1.82, 2.24) is 9.78 Å². The van der Waals surface area contributed by atoms with Crippen molar-refractivity contribution in [1.29, 1.82) is 0 Å². The van der Waals surface area contributed by atoms with E-state index >= 15 is 0 Å². The van der Waals surface area contributed by atoms with Crippen LogP contribution in [0, 0.1) is 12.7 Å². The van der Waals surface area contributed by atoms with Crippen LogP contribution in [0.25, 0.3) is 0 Å². The summed E-state index contributed by atoms with van der Waals surface area (Å²) < 4.78 is 15.3. The molecule has 4 heteroatoms. The van der Waals surface area contributed by atoms with E-state index in [0.717, 1.165) is 11.3 Å². The smallest absolute Gasteiger partial charge is 0.126 e. The average Bonchev–Trinajstić information content (AvgIpc) is 2.67. The maximum Gasteiger partial charge on any atom is 0.126 e. The molecule has 1 unspecified atom stereocenters. The Hall–Kier alpha value is -1.68. The summed E-state index contributed by atoms with van der Waals surface area (Å²) in [5, 5.41) is 4.30. The summed E-state index contributed by atoms with van der Waals surface area (Å²) in [5.74, 6) is -0.217. The van der Waals surface area contributed by atoms with E-state index in [1.54, 1.807) is 17.7 Å². The van der Waals surface area contributed by atoms with E-state index in [2.05, 4.69) is 5.10 Å². The third-order valence-corrected chi connectivity index (χ3v) is 3.15. The van der Waals surface area contributed by atoms with Crippen LogP contribution in [0.5, 0.6) is 0 Å². The van der Waals surface area contributed by atoms with Crippen molar-refractivity contribution in [2.24, 2.45) is 12.8 Å². The zero-order valence-corrected chi connectivity index (χ0v) is 10.9. The van der Waals surface area contributed by atoms with E-state index in [1.165, 1.54) is 6.07 Å². The maximum absolute atomic E-state index is 13.6. The lowest BCUT2D eigenvalue weighted by Gasteiger charge is -2.24. The van der Waals surface area contributed by atoms with Crippen LogP contribution in [-0.2, 0) is 19.0 Å². The summed E-state index contributed by atoms with van der Waals surface area (Å²) in [6, 6.07) is 7.07. The molecule has 1 heterocycles. The molecule has 3 nitrogen and oxygen atoms in total. The minimum atomic E-state index is -0.622. The van der Waals surface area contributed by atoms with Crippen molar-refractivity contribution < 1.29 is 4.39 Å². The fourth-order valence-electron chi connectivity index (χ4n) is 1.98. The van der Waals surface area contributed by atoms with Gasteiger partial charge in [-0.25, -0.2) is 4.39 Å². The Morgan fingerprint density at radius 1 is 1.39 bits per heavy atom. The third kappa shape index (κ3) is 2.59. The number of rotatable bonds is 3. The number of halogens is 1. The Kier molecular flexibility index (Phi) is 3.22. The van der Waals surface area contributed by atoms with Gasteiger partial charge in [-0.1, -0.05) is 12.1 Å². The molecule has 0 saturated carbocycles. The Balaban J connectivity index is 2.26. The van der Waals surface area contributed by atoms with Gasteiger partial charge in [0.05, 0.1) is 5.69 Å². The molecule has 2 aromatic rings. The van der Waals surface area contributed by atoms with Gasteiger partial charge < -0.3 is 5.73 Å². The van der Waals surface area contributed by atoms with Crippen LogP contribution in [0.2, 0.25) is 0 Å². The molecule has 2 N–H and O–H groups in total. The number of aryl methyl sites for hydroxylation is 2. The highest BCUT2D eigenvalue weighted by Crippen LogP contribution is 2.23. The van der Waals surface area contributed by atoms with E-state index in [4.69, 9.17) is 5.73 Å². The van der Waals surface area contributed by atoms with E-state index in [0.29, 0.717) is 12.0 Å². The molecule has 0 spiro atoms. The number of hydrogen-bond acceptors (Lipinski definition) is 2. The molecule has 0 aliphatic heterocycles. The molecule has 1 aromatic heterocycles. The van der Waals surface area contributed by atoms with Gasteiger partial charge in [-0.05, 0) is 37.1 Å². The number of nitrogens with zero attached hydrogens (tertiary/aromatic N) is 2. The van der Waals surface area contributed by atoms with Crippen molar-refractivity contribution in [3.63, 3.8) is 0 Å². The lowest BCUT2D eigenvalue weighted by atomic mass is 9.88. The molecule has 1 atom stereocenters. The molecular formula is C14H18FN3. The Morgan fingerprint density at radius 3 is 2.67 bits per heavy atom. The topological polar surface area (TPSA) is 43.8 Å². The number of aromatic nitrogens is 2. The second-order valence-electron chi connectivity index (χ2n) is 5.04. The maximum atomic E-state index is 13.6. The number of nitrogens with two attached hydrogens (primary N) is 1. The fourth-order valence-corrected chi connectivity index (χ4v) is 1.98. The molecule has 1 aromatic carbocycles. The quantitative estimate of drug-likeness (QED) is 0.904. The summed E-state index contributed by atoms with van der Waals surface area (Å²) in [6.45, 7) is 3.64. The van der Waals surface area contributed by atoms with Crippen LogP contribution in [0.3, 0.4) is 0 Å². The highest BCUT2D eigenvalue weighted by molar-refractivity contribution is 5.29. The zero-order chi connectivity index (χ0) is 13.3.